The third kappa shape index (κ3) is 3.27. The van der Waals surface area contributed by atoms with E-state index in [2.05, 4.69) is 20.2 Å². The van der Waals surface area contributed by atoms with Gasteiger partial charge in [-0.25, -0.2) is 8.78 Å². The highest BCUT2D eigenvalue weighted by atomic mass is 19.3. The van der Waals surface area contributed by atoms with Crippen molar-refractivity contribution < 1.29 is 13.6 Å². The molecular formula is C16H20F2N6O. The van der Waals surface area contributed by atoms with Crippen molar-refractivity contribution in [3.63, 3.8) is 0 Å². The molecule has 2 aromatic rings. The molecule has 0 spiro atoms. The van der Waals surface area contributed by atoms with Crippen LogP contribution in [0.2, 0.25) is 0 Å². The van der Waals surface area contributed by atoms with Crippen LogP contribution in [0.4, 0.5) is 14.6 Å². The van der Waals surface area contributed by atoms with Gasteiger partial charge in [0.2, 0.25) is 5.91 Å². The molecule has 9 heteroatoms. The largest absolute Gasteiger partial charge is 0.354 e. The van der Waals surface area contributed by atoms with E-state index in [0.717, 1.165) is 25.2 Å². The second kappa shape index (κ2) is 6.20. The van der Waals surface area contributed by atoms with Crippen LogP contribution >= 0.6 is 0 Å². The Morgan fingerprint density at radius 2 is 2.00 bits per heavy atom. The Hall–Kier alpha value is -2.32. The molecule has 0 radical (unpaired) electrons. The van der Waals surface area contributed by atoms with Crippen LogP contribution in [-0.4, -0.2) is 62.7 Å². The zero-order valence-electron chi connectivity index (χ0n) is 13.8. The predicted molar refractivity (Wildman–Crippen MR) is 86.5 cm³/mol. The number of halogens is 2. The van der Waals surface area contributed by atoms with Gasteiger partial charge in [0.15, 0.2) is 5.65 Å². The molecule has 2 saturated heterocycles. The monoisotopic (exact) mass is 350 g/mol. The Morgan fingerprint density at radius 3 is 2.80 bits per heavy atom. The highest BCUT2D eigenvalue weighted by molar-refractivity contribution is 5.80. The third-order valence-corrected chi connectivity index (χ3v) is 5.05. The molecule has 0 aromatic carbocycles. The maximum atomic E-state index is 13.3. The molecule has 2 fully saturated rings. The maximum Gasteiger partial charge on any atom is 0.251 e. The second-order valence-electron chi connectivity index (χ2n) is 6.79. The first-order chi connectivity index (χ1) is 12.0. The first-order valence-corrected chi connectivity index (χ1v) is 8.60. The second-order valence-corrected chi connectivity index (χ2v) is 6.79. The fraction of sp³-hybridized carbons (Fsp3) is 0.625. The summed E-state index contributed by atoms with van der Waals surface area (Å²) in [6.45, 7) is 1.68. The van der Waals surface area contributed by atoms with Gasteiger partial charge in [-0.3, -0.25) is 4.79 Å². The first-order valence-electron chi connectivity index (χ1n) is 8.60. The lowest BCUT2D eigenvalue weighted by Crippen LogP contribution is -2.49. The van der Waals surface area contributed by atoms with Crippen molar-refractivity contribution in [3.05, 3.63) is 18.5 Å². The molecule has 1 atom stereocenters. The summed E-state index contributed by atoms with van der Waals surface area (Å²) in [5, 5.41) is 12.2. The number of nitrogens with zero attached hydrogens (tertiary/aromatic N) is 6. The molecule has 2 aliphatic heterocycles. The zero-order chi connectivity index (χ0) is 17.4. The highest BCUT2D eigenvalue weighted by Crippen LogP contribution is 2.30. The minimum Gasteiger partial charge on any atom is -0.354 e. The van der Waals surface area contributed by atoms with Crippen molar-refractivity contribution in [2.24, 2.45) is 5.92 Å². The summed E-state index contributed by atoms with van der Waals surface area (Å²) in [5.74, 6) is -2.03. The molecule has 7 nitrogen and oxygen atoms in total. The highest BCUT2D eigenvalue weighted by Gasteiger charge is 2.38. The quantitative estimate of drug-likeness (QED) is 0.823. The topological polar surface area (TPSA) is 66.6 Å². The van der Waals surface area contributed by atoms with Crippen LogP contribution in [-0.2, 0) is 4.79 Å². The minimum atomic E-state index is -2.63. The molecule has 2 aliphatic rings. The van der Waals surface area contributed by atoms with Gasteiger partial charge in [0, 0.05) is 39.0 Å². The van der Waals surface area contributed by atoms with Crippen molar-refractivity contribution >= 4 is 17.4 Å². The van der Waals surface area contributed by atoms with E-state index in [0.29, 0.717) is 12.2 Å². The van der Waals surface area contributed by atoms with Gasteiger partial charge in [0.1, 0.15) is 12.1 Å². The molecule has 1 amide bonds. The molecule has 134 valence electrons. The van der Waals surface area contributed by atoms with Gasteiger partial charge in [-0.2, -0.15) is 4.52 Å². The molecule has 0 N–H and O–H groups in total. The molecular weight excluding hydrogens is 330 g/mol. The Bertz CT molecular complexity index is 769. The van der Waals surface area contributed by atoms with Crippen LogP contribution in [0.15, 0.2) is 18.5 Å². The van der Waals surface area contributed by atoms with Crippen LogP contribution < -0.4 is 4.90 Å². The maximum absolute atomic E-state index is 13.3. The Kier molecular flexibility index (Phi) is 4.01. The lowest BCUT2D eigenvalue weighted by atomic mass is 9.95. The van der Waals surface area contributed by atoms with Crippen LogP contribution in [0.3, 0.4) is 0 Å². The summed E-state index contributed by atoms with van der Waals surface area (Å²) < 4.78 is 28.2. The van der Waals surface area contributed by atoms with E-state index < -0.39 is 5.92 Å². The van der Waals surface area contributed by atoms with E-state index in [1.165, 1.54) is 0 Å². The SMILES string of the molecule is O=C(C1CCCN(c2ccc3nncn3n2)C1)N1CCC(F)(F)CC1. The number of carbonyl (C=O) groups excluding carboxylic acids is 1. The molecule has 1 unspecified atom stereocenters. The normalized spacial score (nSPS) is 23.8. The molecule has 0 aliphatic carbocycles. The van der Waals surface area contributed by atoms with E-state index in [1.54, 1.807) is 15.7 Å². The van der Waals surface area contributed by atoms with E-state index in [9.17, 15) is 13.6 Å². The number of hydrogen-bond acceptors (Lipinski definition) is 5. The molecule has 4 rings (SSSR count). The number of hydrogen-bond donors (Lipinski definition) is 0. The standard InChI is InChI=1S/C16H20F2N6O/c17-16(18)5-8-22(9-6-16)15(25)12-2-1-7-23(10-12)14-4-3-13-20-19-11-24(13)21-14/h3-4,11-12H,1-2,5-10H2. The van der Waals surface area contributed by atoms with Crippen molar-refractivity contribution in [2.75, 3.05) is 31.1 Å². The van der Waals surface area contributed by atoms with Gasteiger partial charge in [0.25, 0.3) is 5.92 Å². The summed E-state index contributed by atoms with van der Waals surface area (Å²) >= 11 is 0. The van der Waals surface area contributed by atoms with Gasteiger partial charge in [-0.1, -0.05) is 0 Å². The van der Waals surface area contributed by atoms with Crippen LogP contribution in [0.1, 0.15) is 25.7 Å². The van der Waals surface area contributed by atoms with Crippen molar-refractivity contribution in [1.82, 2.24) is 24.7 Å². The molecule has 0 saturated carbocycles. The summed E-state index contributed by atoms with van der Waals surface area (Å²) in [5.41, 5.74) is 0.669. The van der Waals surface area contributed by atoms with Crippen molar-refractivity contribution in [1.29, 1.82) is 0 Å². The third-order valence-electron chi connectivity index (χ3n) is 5.05. The van der Waals surface area contributed by atoms with E-state index in [4.69, 9.17) is 0 Å². The van der Waals surface area contributed by atoms with Crippen molar-refractivity contribution in [2.45, 2.75) is 31.6 Å². The Balaban J connectivity index is 1.44. The van der Waals surface area contributed by atoms with Crippen LogP contribution in [0.5, 0.6) is 0 Å². The van der Waals surface area contributed by atoms with Gasteiger partial charge < -0.3 is 9.80 Å². The van der Waals surface area contributed by atoms with Gasteiger partial charge in [-0.15, -0.1) is 15.3 Å². The lowest BCUT2D eigenvalue weighted by Gasteiger charge is -2.38. The smallest absolute Gasteiger partial charge is 0.251 e. The number of fused-ring (bicyclic) bond motifs is 1. The van der Waals surface area contributed by atoms with Gasteiger partial charge in [-0.05, 0) is 25.0 Å². The zero-order valence-corrected chi connectivity index (χ0v) is 13.8. The molecule has 4 heterocycles. The number of amides is 1. The van der Waals surface area contributed by atoms with Gasteiger partial charge in [0.05, 0.1) is 5.92 Å². The summed E-state index contributed by atoms with van der Waals surface area (Å²) in [6.07, 6.45) is 2.74. The Labute approximate surface area is 143 Å². The van der Waals surface area contributed by atoms with Gasteiger partial charge >= 0.3 is 0 Å². The van der Waals surface area contributed by atoms with E-state index in [1.807, 2.05) is 12.1 Å². The van der Waals surface area contributed by atoms with E-state index >= 15 is 0 Å². The Morgan fingerprint density at radius 1 is 1.20 bits per heavy atom. The number of rotatable bonds is 2. The van der Waals surface area contributed by atoms with Crippen LogP contribution in [0, 0.1) is 5.92 Å². The fourth-order valence-corrected chi connectivity index (χ4v) is 3.59. The summed E-state index contributed by atoms with van der Waals surface area (Å²) in [6, 6.07) is 3.71. The molecule has 0 bridgehead atoms. The lowest BCUT2D eigenvalue weighted by molar-refractivity contribution is -0.141. The molecule has 25 heavy (non-hydrogen) atoms. The van der Waals surface area contributed by atoms with Crippen molar-refractivity contribution in [3.8, 4) is 0 Å². The predicted octanol–water partition coefficient (Wildman–Crippen LogP) is 1.60. The van der Waals surface area contributed by atoms with E-state index in [-0.39, 0.29) is 37.8 Å². The number of aromatic nitrogens is 4. The number of anilines is 1. The van der Waals surface area contributed by atoms with Crippen LogP contribution in [0.25, 0.3) is 5.65 Å². The fourth-order valence-electron chi connectivity index (χ4n) is 3.59. The number of alkyl halides is 2. The number of piperidine rings is 2. The minimum absolute atomic E-state index is 0.00873. The summed E-state index contributed by atoms with van der Waals surface area (Å²) in [7, 11) is 0. The first kappa shape index (κ1) is 16.2. The summed E-state index contributed by atoms with van der Waals surface area (Å²) in [4.78, 5) is 16.4. The average molecular weight is 350 g/mol. The number of carbonyl (C=O) groups is 1. The molecule has 2 aromatic heterocycles. The average Bonchev–Trinajstić information content (AvgIpc) is 3.09. The number of likely N-dealkylation sites (tertiary alicyclic amines) is 1.